The maximum absolute atomic E-state index is 10.9. The van der Waals surface area contributed by atoms with Crippen molar-refractivity contribution < 1.29 is 13.9 Å². The Hall–Kier alpha value is -3.42. The molecule has 0 aliphatic carbocycles. The van der Waals surface area contributed by atoms with Crippen LogP contribution >= 0.6 is 0 Å². The number of hydrogen-bond donors (Lipinski definition) is 0. The Labute approximate surface area is 129 Å². The summed E-state index contributed by atoms with van der Waals surface area (Å²) in [5, 5.41) is 20.0. The van der Waals surface area contributed by atoms with E-state index in [2.05, 4.69) is 10.3 Å². The zero-order chi connectivity index (χ0) is 15.8. The maximum Gasteiger partial charge on any atom is 0.271 e. The number of furan rings is 1. The Morgan fingerprint density at radius 1 is 1.22 bits per heavy atom. The fraction of sp³-hybridized carbons (Fsp3) is 0.0667. The van der Waals surface area contributed by atoms with Crippen molar-refractivity contribution in [2.75, 3.05) is 0 Å². The summed E-state index contributed by atoms with van der Waals surface area (Å²) in [5.41, 5.74) is 1.34. The summed E-state index contributed by atoms with van der Waals surface area (Å²) in [6.45, 7) is 0.342. The fourth-order valence-corrected chi connectivity index (χ4v) is 2.37. The third kappa shape index (κ3) is 2.35. The van der Waals surface area contributed by atoms with Crippen LogP contribution in [-0.2, 0) is 6.54 Å². The van der Waals surface area contributed by atoms with Gasteiger partial charge in [0.2, 0.25) is 5.76 Å². The maximum atomic E-state index is 10.9. The van der Waals surface area contributed by atoms with Crippen molar-refractivity contribution in [3.05, 3.63) is 64.7 Å². The minimum atomic E-state index is -0.429. The van der Waals surface area contributed by atoms with Crippen LogP contribution in [-0.4, -0.2) is 19.9 Å². The van der Waals surface area contributed by atoms with Crippen molar-refractivity contribution in [3.8, 4) is 11.5 Å². The Kier molecular flexibility index (Phi) is 2.94. The molecular weight excluding hydrogens is 300 g/mol. The molecule has 8 nitrogen and oxygen atoms in total. The van der Waals surface area contributed by atoms with E-state index < -0.39 is 4.92 Å². The highest BCUT2D eigenvalue weighted by atomic mass is 16.6. The quantitative estimate of drug-likeness (QED) is 0.423. The summed E-state index contributed by atoms with van der Waals surface area (Å²) in [6, 6.07) is 9.92. The number of hydrogen-bond acceptors (Lipinski definition) is 6. The van der Waals surface area contributed by atoms with Gasteiger partial charge in [-0.3, -0.25) is 14.8 Å². The van der Waals surface area contributed by atoms with Gasteiger partial charge in [0.25, 0.3) is 5.69 Å². The van der Waals surface area contributed by atoms with Gasteiger partial charge in [0, 0.05) is 23.6 Å². The Bertz CT molecular complexity index is 984. The second kappa shape index (κ2) is 5.09. The first-order chi connectivity index (χ1) is 11.2. The molecule has 0 fully saturated rings. The Morgan fingerprint density at radius 3 is 2.91 bits per heavy atom. The number of nitrogens with zero attached hydrogens (tertiary/aromatic N) is 4. The molecule has 0 aliphatic heterocycles. The van der Waals surface area contributed by atoms with Crippen LogP contribution in [0.5, 0.6) is 0 Å². The van der Waals surface area contributed by atoms with Crippen LogP contribution in [0, 0.1) is 10.1 Å². The molecule has 0 bridgehead atoms. The van der Waals surface area contributed by atoms with Gasteiger partial charge in [-0.25, -0.2) is 0 Å². The molecule has 4 rings (SSSR count). The molecule has 23 heavy (non-hydrogen) atoms. The molecule has 0 spiro atoms. The third-order valence-corrected chi connectivity index (χ3v) is 3.47. The van der Waals surface area contributed by atoms with Gasteiger partial charge in [-0.2, -0.15) is 5.10 Å². The van der Waals surface area contributed by atoms with Gasteiger partial charge in [0.05, 0.1) is 29.4 Å². The lowest BCUT2D eigenvalue weighted by Gasteiger charge is -2.00. The average Bonchev–Trinajstić information content (AvgIpc) is 3.27. The summed E-state index contributed by atoms with van der Waals surface area (Å²) >= 11 is 0. The largest absolute Gasteiger partial charge is 0.461 e. The molecule has 0 atom stereocenters. The van der Waals surface area contributed by atoms with Crippen LogP contribution in [0.1, 0.15) is 5.69 Å². The minimum absolute atomic E-state index is 0.0238. The van der Waals surface area contributed by atoms with Crippen molar-refractivity contribution in [2.24, 2.45) is 0 Å². The van der Waals surface area contributed by atoms with Crippen LogP contribution in [0.25, 0.3) is 22.4 Å². The van der Waals surface area contributed by atoms with Crippen LogP contribution in [0.15, 0.2) is 57.8 Å². The Balaban J connectivity index is 1.67. The van der Waals surface area contributed by atoms with E-state index in [1.165, 1.54) is 12.1 Å². The van der Waals surface area contributed by atoms with Gasteiger partial charge >= 0.3 is 0 Å². The predicted molar refractivity (Wildman–Crippen MR) is 79.7 cm³/mol. The van der Waals surface area contributed by atoms with Crippen molar-refractivity contribution >= 4 is 16.6 Å². The average molecular weight is 310 g/mol. The molecule has 0 aliphatic rings. The van der Waals surface area contributed by atoms with E-state index in [9.17, 15) is 10.1 Å². The molecule has 3 aromatic heterocycles. The van der Waals surface area contributed by atoms with Crippen LogP contribution in [0.4, 0.5) is 5.69 Å². The lowest BCUT2D eigenvalue weighted by Crippen LogP contribution is -2.01. The van der Waals surface area contributed by atoms with Gasteiger partial charge in [0.1, 0.15) is 5.69 Å². The molecule has 0 amide bonds. The SMILES string of the molecule is O=[N+]([O-])c1ccc2cnn(Cc3cc(-c4ccco4)on3)c2c1. The van der Waals surface area contributed by atoms with E-state index in [0.717, 1.165) is 5.39 Å². The summed E-state index contributed by atoms with van der Waals surface area (Å²) < 4.78 is 12.1. The highest BCUT2D eigenvalue weighted by Crippen LogP contribution is 2.23. The van der Waals surface area contributed by atoms with E-state index in [4.69, 9.17) is 8.94 Å². The number of benzene rings is 1. The highest BCUT2D eigenvalue weighted by molar-refractivity contribution is 5.81. The molecule has 1 aromatic carbocycles. The normalized spacial score (nSPS) is 11.1. The number of fused-ring (bicyclic) bond motifs is 1. The lowest BCUT2D eigenvalue weighted by molar-refractivity contribution is -0.384. The fourth-order valence-electron chi connectivity index (χ4n) is 2.37. The molecule has 0 unspecified atom stereocenters. The van der Waals surface area contributed by atoms with E-state index in [1.54, 1.807) is 41.4 Å². The monoisotopic (exact) mass is 310 g/mol. The van der Waals surface area contributed by atoms with E-state index in [1.807, 2.05) is 0 Å². The molecule has 4 aromatic rings. The van der Waals surface area contributed by atoms with E-state index >= 15 is 0 Å². The molecule has 3 heterocycles. The number of rotatable bonds is 4. The molecule has 0 radical (unpaired) electrons. The number of nitro benzene ring substituents is 1. The van der Waals surface area contributed by atoms with Crippen molar-refractivity contribution in [3.63, 3.8) is 0 Å². The minimum Gasteiger partial charge on any atom is -0.461 e. The van der Waals surface area contributed by atoms with Crippen molar-refractivity contribution in [1.29, 1.82) is 0 Å². The van der Waals surface area contributed by atoms with Crippen LogP contribution in [0.2, 0.25) is 0 Å². The third-order valence-electron chi connectivity index (χ3n) is 3.47. The van der Waals surface area contributed by atoms with Gasteiger partial charge < -0.3 is 8.94 Å². The van der Waals surface area contributed by atoms with E-state index in [-0.39, 0.29) is 5.69 Å². The number of non-ortho nitro benzene ring substituents is 1. The van der Waals surface area contributed by atoms with Gasteiger partial charge in [-0.15, -0.1) is 0 Å². The molecule has 0 saturated carbocycles. The first-order valence-electron chi connectivity index (χ1n) is 6.80. The second-order valence-corrected chi connectivity index (χ2v) is 4.96. The van der Waals surface area contributed by atoms with Crippen molar-refractivity contribution in [2.45, 2.75) is 6.54 Å². The zero-order valence-corrected chi connectivity index (χ0v) is 11.7. The highest BCUT2D eigenvalue weighted by Gasteiger charge is 2.13. The number of nitro groups is 1. The molecular formula is C15H10N4O4. The van der Waals surface area contributed by atoms with Gasteiger partial charge in [-0.05, 0) is 18.2 Å². The smallest absolute Gasteiger partial charge is 0.271 e. The summed E-state index contributed by atoms with van der Waals surface area (Å²) in [4.78, 5) is 10.5. The lowest BCUT2D eigenvalue weighted by atomic mass is 10.2. The first kappa shape index (κ1) is 13.3. The van der Waals surface area contributed by atoms with Crippen molar-refractivity contribution in [1.82, 2.24) is 14.9 Å². The van der Waals surface area contributed by atoms with Crippen LogP contribution < -0.4 is 0 Å². The van der Waals surface area contributed by atoms with Gasteiger partial charge in [0.15, 0.2) is 5.76 Å². The number of aromatic nitrogens is 3. The first-order valence-corrected chi connectivity index (χ1v) is 6.80. The summed E-state index contributed by atoms with van der Waals surface area (Å²) in [7, 11) is 0. The second-order valence-electron chi connectivity index (χ2n) is 4.96. The van der Waals surface area contributed by atoms with Crippen LogP contribution in [0.3, 0.4) is 0 Å². The zero-order valence-electron chi connectivity index (χ0n) is 11.7. The molecule has 0 saturated heterocycles. The predicted octanol–water partition coefficient (Wildman–Crippen LogP) is 3.24. The standard InChI is InChI=1S/C15H10N4O4/c20-19(21)12-4-3-10-8-16-18(13(10)7-12)9-11-6-15(23-17-11)14-2-1-5-22-14/h1-8H,9H2. The Morgan fingerprint density at radius 2 is 2.13 bits per heavy atom. The summed E-state index contributed by atoms with van der Waals surface area (Å²) in [5.74, 6) is 1.11. The molecule has 114 valence electrons. The molecule has 0 N–H and O–H groups in total. The molecule has 8 heteroatoms. The summed E-state index contributed by atoms with van der Waals surface area (Å²) in [6.07, 6.45) is 3.21. The topological polar surface area (TPSA) is 100 Å². The van der Waals surface area contributed by atoms with Gasteiger partial charge in [-0.1, -0.05) is 5.16 Å². The van der Waals surface area contributed by atoms with E-state index in [0.29, 0.717) is 29.3 Å².